The van der Waals surface area contributed by atoms with E-state index in [9.17, 15) is 19.8 Å². The van der Waals surface area contributed by atoms with E-state index in [0.29, 0.717) is 0 Å². The number of Topliss-reactive ketones (excluding diaryl/α,β-unsaturated/α-hetero) is 2. The average molecular weight is 355 g/mol. The van der Waals surface area contributed by atoms with Crippen LogP contribution in [-0.2, 0) is 30.0 Å². The standard InChI is InChI=1S/2C6H7NO2.Pd/c2*1-4(8)6(3-7)5(2)9;/h2*8H,1-2H3;/q;;+2/p-2/b2*6-4-;. The molecular formula is C12H12N2O4Pd. The van der Waals surface area contributed by atoms with E-state index in [0.717, 1.165) is 0 Å². The van der Waals surface area contributed by atoms with Crippen molar-refractivity contribution in [3.8, 4) is 12.1 Å². The van der Waals surface area contributed by atoms with Crippen LogP contribution in [0, 0.1) is 22.7 Å². The number of rotatable bonds is 2. The van der Waals surface area contributed by atoms with E-state index >= 15 is 0 Å². The Kier molecular flexibility index (Phi) is 13.1. The van der Waals surface area contributed by atoms with Gasteiger partial charge in [-0.15, -0.1) is 11.5 Å². The zero-order valence-corrected chi connectivity index (χ0v) is 12.4. The fourth-order valence-corrected chi connectivity index (χ4v) is 0.811. The summed E-state index contributed by atoms with van der Waals surface area (Å²) in [6.45, 7) is 4.78. The zero-order chi connectivity index (χ0) is 14.9. The van der Waals surface area contributed by atoms with Crippen LogP contribution in [0.1, 0.15) is 27.7 Å². The van der Waals surface area contributed by atoms with E-state index < -0.39 is 23.1 Å². The van der Waals surface area contributed by atoms with Crippen molar-refractivity contribution in [3.63, 3.8) is 0 Å². The van der Waals surface area contributed by atoms with Gasteiger partial charge in [-0.25, -0.2) is 0 Å². The van der Waals surface area contributed by atoms with Gasteiger partial charge in [0.25, 0.3) is 0 Å². The summed E-state index contributed by atoms with van der Waals surface area (Å²) in [7, 11) is 0. The molecule has 0 rings (SSSR count). The molecule has 0 aliphatic rings. The first kappa shape index (κ1) is 22.3. The Morgan fingerprint density at radius 2 is 1.00 bits per heavy atom. The van der Waals surface area contributed by atoms with Crippen molar-refractivity contribution < 1.29 is 40.2 Å². The minimum absolute atomic E-state index is 0. The second kappa shape index (κ2) is 11.2. The van der Waals surface area contributed by atoms with Crippen LogP contribution in [0.2, 0.25) is 0 Å². The summed E-state index contributed by atoms with van der Waals surface area (Å²) in [4.78, 5) is 20.7. The molecule has 0 aromatic heterocycles. The third-order valence-corrected chi connectivity index (χ3v) is 1.63. The van der Waals surface area contributed by atoms with Crippen LogP contribution < -0.4 is 10.2 Å². The number of ketones is 2. The van der Waals surface area contributed by atoms with Crippen molar-refractivity contribution in [2.75, 3.05) is 0 Å². The Morgan fingerprint density at radius 1 is 0.789 bits per heavy atom. The van der Waals surface area contributed by atoms with Gasteiger partial charge in [-0.1, -0.05) is 13.8 Å². The Balaban J connectivity index is -0.000000256. The van der Waals surface area contributed by atoms with Gasteiger partial charge in [0, 0.05) is 0 Å². The van der Waals surface area contributed by atoms with Crippen molar-refractivity contribution in [3.05, 3.63) is 22.7 Å². The van der Waals surface area contributed by atoms with Gasteiger partial charge < -0.3 is 10.2 Å². The molecular weight excluding hydrogens is 343 g/mol. The Labute approximate surface area is 125 Å². The van der Waals surface area contributed by atoms with Gasteiger partial charge >= 0.3 is 20.4 Å². The second-order valence-corrected chi connectivity index (χ2v) is 3.20. The van der Waals surface area contributed by atoms with E-state index in [4.69, 9.17) is 10.5 Å². The number of carbonyl (C=O) groups excluding carboxylic acids is 2. The molecule has 0 aliphatic heterocycles. The average Bonchev–Trinajstić information content (AvgIpc) is 2.17. The van der Waals surface area contributed by atoms with Gasteiger partial charge in [-0.05, 0) is 13.8 Å². The summed E-state index contributed by atoms with van der Waals surface area (Å²) in [6.07, 6.45) is 0. The maximum atomic E-state index is 10.3. The van der Waals surface area contributed by atoms with Crippen LogP contribution in [0.4, 0.5) is 0 Å². The normalized spacial score (nSPS) is 11.1. The fraction of sp³-hybridized carbons (Fsp3) is 0.333. The molecule has 0 aromatic carbocycles. The summed E-state index contributed by atoms with van der Waals surface area (Å²) in [6, 6.07) is 3.04. The van der Waals surface area contributed by atoms with E-state index in [-0.39, 0.29) is 31.6 Å². The van der Waals surface area contributed by atoms with Gasteiger partial charge in [0.15, 0.2) is 11.6 Å². The Hall–Kier alpha value is -1.94. The van der Waals surface area contributed by atoms with Crippen molar-refractivity contribution in [2.45, 2.75) is 27.7 Å². The summed E-state index contributed by atoms with van der Waals surface area (Å²) < 4.78 is 0. The maximum absolute atomic E-state index is 10.3. The number of hydrogen-bond acceptors (Lipinski definition) is 6. The van der Waals surface area contributed by atoms with Crippen LogP contribution >= 0.6 is 0 Å². The summed E-state index contributed by atoms with van der Waals surface area (Å²) in [5.74, 6) is -1.87. The Bertz CT molecular complexity index is 439. The van der Waals surface area contributed by atoms with Crippen molar-refractivity contribution in [2.24, 2.45) is 0 Å². The minimum atomic E-state index is -0.468. The van der Waals surface area contributed by atoms with Crippen LogP contribution in [0.3, 0.4) is 0 Å². The third kappa shape index (κ3) is 9.74. The molecule has 0 amide bonds. The topological polar surface area (TPSA) is 128 Å². The molecule has 104 valence electrons. The molecule has 0 saturated carbocycles. The van der Waals surface area contributed by atoms with Crippen molar-refractivity contribution >= 4 is 11.6 Å². The number of nitrogens with zero attached hydrogens (tertiary/aromatic N) is 2. The van der Waals surface area contributed by atoms with Gasteiger partial charge in [0.1, 0.15) is 12.1 Å². The van der Waals surface area contributed by atoms with E-state index in [1.54, 1.807) is 0 Å². The molecule has 0 atom stereocenters. The molecule has 7 heteroatoms. The van der Waals surface area contributed by atoms with Crippen LogP contribution in [-0.4, -0.2) is 11.6 Å². The van der Waals surface area contributed by atoms with Gasteiger partial charge in [0.05, 0.1) is 11.1 Å². The zero-order valence-electron chi connectivity index (χ0n) is 10.8. The van der Waals surface area contributed by atoms with Gasteiger partial charge in [-0.3, -0.25) is 9.59 Å². The molecule has 0 aliphatic carbocycles. The van der Waals surface area contributed by atoms with Crippen LogP contribution in [0.5, 0.6) is 0 Å². The van der Waals surface area contributed by atoms with E-state index in [1.165, 1.54) is 39.8 Å². The molecule has 0 heterocycles. The quantitative estimate of drug-likeness (QED) is 0.283. The maximum Gasteiger partial charge on any atom is 2.00 e. The molecule has 0 fully saturated rings. The number of hydrogen-bond donors (Lipinski definition) is 0. The first-order valence-corrected chi connectivity index (χ1v) is 4.76. The monoisotopic (exact) mass is 354 g/mol. The molecule has 0 saturated heterocycles. The van der Waals surface area contributed by atoms with Crippen LogP contribution in [0.15, 0.2) is 22.7 Å². The molecule has 0 aromatic rings. The number of carbonyl (C=O) groups is 2. The SMILES string of the molecule is CC(=O)/C(C#N)=C(/C)[O-].CC(=O)/C(C#N)=C(/C)[O-].[Pd+2]. The van der Waals surface area contributed by atoms with Gasteiger partial charge in [-0.2, -0.15) is 10.5 Å². The largest absolute Gasteiger partial charge is 2.00 e. The van der Waals surface area contributed by atoms with Crippen molar-refractivity contribution in [1.82, 2.24) is 0 Å². The third-order valence-electron chi connectivity index (χ3n) is 1.63. The number of allylic oxidation sites excluding steroid dienone is 4. The van der Waals surface area contributed by atoms with E-state index in [2.05, 4.69) is 0 Å². The fourth-order valence-electron chi connectivity index (χ4n) is 0.811. The summed E-state index contributed by atoms with van der Waals surface area (Å²) in [5, 5.41) is 36.9. The van der Waals surface area contributed by atoms with E-state index in [1.807, 2.05) is 0 Å². The van der Waals surface area contributed by atoms with Gasteiger partial charge in [0.2, 0.25) is 0 Å². The Morgan fingerprint density at radius 3 is 1.00 bits per heavy atom. The second-order valence-electron chi connectivity index (χ2n) is 3.20. The summed E-state index contributed by atoms with van der Waals surface area (Å²) >= 11 is 0. The number of nitriles is 2. The predicted octanol–water partition coefficient (Wildman–Crippen LogP) is -0.536. The van der Waals surface area contributed by atoms with Crippen molar-refractivity contribution in [1.29, 1.82) is 10.5 Å². The predicted molar refractivity (Wildman–Crippen MR) is 58.0 cm³/mol. The first-order chi connectivity index (χ1) is 8.18. The molecule has 0 unspecified atom stereocenters. The van der Waals surface area contributed by atoms with Crippen LogP contribution in [0.25, 0.3) is 0 Å². The molecule has 19 heavy (non-hydrogen) atoms. The summed E-state index contributed by atoms with van der Waals surface area (Å²) in [5.41, 5.74) is -0.565. The molecule has 0 bridgehead atoms. The molecule has 6 nitrogen and oxygen atoms in total. The first-order valence-electron chi connectivity index (χ1n) is 4.76. The minimum Gasteiger partial charge on any atom is -0.875 e. The molecule has 0 N–H and O–H groups in total. The molecule has 0 radical (unpaired) electrons. The smallest absolute Gasteiger partial charge is 0.875 e. The molecule has 0 spiro atoms.